The Labute approximate surface area is 185 Å². The molecule has 10 heteroatoms. The fourth-order valence-electron chi connectivity index (χ4n) is 4.23. The smallest absolute Gasteiger partial charge is 0.250 e. The number of hydrogen-bond acceptors (Lipinski definition) is 8. The summed E-state index contributed by atoms with van der Waals surface area (Å²) in [6.45, 7) is 8.03. The van der Waals surface area contributed by atoms with Gasteiger partial charge < -0.3 is 19.9 Å². The first kappa shape index (κ1) is 20.5. The first-order chi connectivity index (χ1) is 15.4. The maximum absolute atomic E-state index is 12.8. The average Bonchev–Trinajstić information content (AvgIpc) is 3.33. The summed E-state index contributed by atoms with van der Waals surface area (Å²) in [5.74, 6) is 2.17. The third-order valence-electron chi connectivity index (χ3n) is 6.27. The van der Waals surface area contributed by atoms with Gasteiger partial charge in [0.2, 0.25) is 0 Å². The first-order valence-corrected chi connectivity index (χ1v) is 10.8. The Bertz CT molecular complexity index is 1140. The van der Waals surface area contributed by atoms with Crippen LogP contribution in [0.1, 0.15) is 32.4 Å². The second-order valence-electron chi connectivity index (χ2n) is 8.77. The molecule has 0 atom stereocenters. The van der Waals surface area contributed by atoms with Gasteiger partial charge in [0, 0.05) is 31.0 Å². The molecule has 5 heterocycles. The highest BCUT2D eigenvalue weighted by molar-refractivity contribution is 6.04. The van der Waals surface area contributed by atoms with Gasteiger partial charge in [0.15, 0.2) is 17.5 Å². The Kier molecular flexibility index (Phi) is 5.09. The molecule has 1 amide bonds. The standard InChI is InChI=1S/C22H26N8O2/c1-13-15(4-5-16(26-13)18-24-12-25-29-18)17-10-23-19-20(27-17)30(22(2,3)21(31)28-19)11-14-6-8-32-9-7-14/h4-5,10,12,14H,6-9,11H2,1-3H3,(H,23,28,31)(H,24,25,29). The Hall–Kier alpha value is -3.40. The third kappa shape index (κ3) is 3.60. The number of aromatic nitrogens is 6. The lowest BCUT2D eigenvalue weighted by Crippen LogP contribution is -2.58. The van der Waals surface area contributed by atoms with Gasteiger partial charge in [-0.25, -0.2) is 15.0 Å². The Morgan fingerprint density at radius 3 is 2.72 bits per heavy atom. The van der Waals surface area contributed by atoms with Crippen molar-refractivity contribution in [3.05, 3.63) is 30.4 Å². The number of anilines is 2. The molecule has 0 saturated carbocycles. The van der Waals surface area contributed by atoms with Crippen molar-refractivity contribution in [2.24, 2.45) is 5.92 Å². The summed E-state index contributed by atoms with van der Waals surface area (Å²) < 4.78 is 5.51. The number of amides is 1. The monoisotopic (exact) mass is 434 g/mol. The molecule has 0 aliphatic carbocycles. The molecule has 1 saturated heterocycles. The molecule has 0 radical (unpaired) electrons. The number of carbonyl (C=O) groups is 1. The minimum atomic E-state index is -0.734. The lowest BCUT2D eigenvalue weighted by molar-refractivity contribution is -0.120. The highest BCUT2D eigenvalue weighted by Crippen LogP contribution is 2.37. The molecular weight excluding hydrogens is 408 g/mol. The highest BCUT2D eigenvalue weighted by atomic mass is 16.5. The molecule has 0 spiro atoms. The van der Waals surface area contributed by atoms with Gasteiger partial charge in [-0.2, -0.15) is 0 Å². The largest absolute Gasteiger partial charge is 0.381 e. The number of aromatic amines is 1. The van der Waals surface area contributed by atoms with Gasteiger partial charge in [-0.1, -0.05) is 0 Å². The molecule has 1 fully saturated rings. The van der Waals surface area contributed by atoms with E-state index >= 15 is 0 Å². The summed E-state index contributed by atoms with van der Waals surface area (Å²) >= 11 is 0. The van der Waals surface area contributed by atoms with E-state index in [1.54, 1.807) is 6.20 Å². The molecule has 0 unspecified atom stereocenters. The summed E-state index contributed by atoms with van der Waals surface area (Å²) in [4.78, 5) is 32.1. The second-order valence-corrected chi connectivity index (χ2v) is 8.77. The number of nitrogens with zero attached hydrogens (tertiary/aromatic N) is 6. The summed E-state index contributed by atoms with van der Waals surface area (Å²) in [6, 6.07) is 3.85. The van der Waals surface area contributed by atoms with Crippen LogP contribution in [0.3, 0.4) is 0 Å². The van der Waals surface area contributed by atoms with Crippen LogP contribution in [0.5, 0.6) is 0 Å². The van der Waals surface area contributed by atoms with Crippen LogP contribution in [0.15, 0.2) is 24.7 Å². The van der Waals surface area contributed by atoms with Crippen LogP contribution >= 0.6 is 0 Å². The van der Waals surface area contributed by atoms with Crippen molar-refractivity contribution >= 4 is 17.5 Å². The number of hydrogen-bond donors (Lipinski definition) is 2. The van der Waals surface area contributed by atoms with Crippen molar-refractivity contribution in [3.63, 3.8) is 0 Å². The fourth-order valence-corrected chi connectivity index (χ4v) is 4.23. The molecule has 5 rings (SSSR count). The predicted octanol–water partition coefficient (Wildman–Crippen LogP) is 2.60. The number of rotatable bonds is 4. The zero-order valence-electron chi connectivity index (χ0n) is 18.4. The van der Waals surface area contributed by atoms with Crippen molar-refractivity contribution in [1.82, 2.24) is 30.1 Å². The van der Waals surface area contributed by atoms with Gasteiger partial charge in [-0.05, 0) is 51.7 Å². The van der Waals surface area contributed by atoms with Crippen LogP contribution in [0, 0.1) is 12.8 Å². The minimum absolute atomic E-state index is 0.0756. The lowest BCUT2D eigenvalue weighted by Gasteiger charge is -2.44. The highest BCUT2D eigenvalue weighted by Gasteiger charge is 2.42. The van der Waals surface area contributed by atoms with Gasteiger partial charge >= 0.3 is 0 Å². The van der Waals surface area contributed by atoms with Crippen molar-refractivity contribution in [2.75, 3.05) is 30.0 Å². The van der Waals surface area contributed by atoms with Gasteiger partial charge in [-0.15, -0.1) is 10.2 Å². The number of pyridine rings is 1. The van der Waals surface area contributed by atoms with E-state index < -0.39 is 5.54 Å². The number of H-pyrrole nitrogens is 1. The van der Waals surface area contributed by atoms with E-state index in [2.05, 4.69) is 35.4 Å². The summed E-state index contributed by atoms with van der Waals surface area (Å²) in [7, 11) is 0. The van der Waals surface area contributed by atoms with E-state index in [-0.39, 0.29) is 5.91 Å². The molecule has 166 valence electrons. The van der Waals surface area contributed by atoms with Crippen LogP contribution in [0.2, 0.25) is 0 Å². The van der Waals surface area contributed by atoms with Crippen LogP contribution < -0.4 is 10.2 Å². The van der Waals surface area contributed by atoms with E-state index in [0.29, 0.717) is 34.8 Å². The third-order valence-corrected chi connectivity index (χ3v) is 6.27. The van der Waals surface area contributed by atoms with Crippen LogP contribution in [0.25, 0.3) is 22.8 Å². The molecular formula is C22H26N8O2. The van der Waals surface area contributed by atoms with Crippen LogP contribution in [-0.2, 0) is 9.53 Å². The number of aryl methyl sites for hydroxylation is 1. The van der Waals surface area contributed by atoms with Crippen molar-refractivity contribution in [2.45, 2.75) is 39.2 Å². The van der Waals surface area contributed by atoms with E-state index in [0.717, 1.165) is 43.9 Å². The molecule has 2 aliphatic heterocycles. The lowest BCUT2D eigenvalue weighted by atomic mass is 9.93. The molecule has 3 aromatic heterocycles. The summed E-state index contributed by atoms with van der Waals surface area (Å²) in [5.41, 5.74) is 2.38. The Balaban J connectivity index is 1.52. The quantitative estimate of drug-likeness (QED) is 0.643. The van der Waals surface area contributed by atoms with E-state index in [4.69, 9.17) is 9.72 Å². The molecule has 0 bridgehead atoms. The molecule has 0 aromatic carbocycles. The minimum Gasteiger partial charge on any atom is -0.381 e. The van der Waals surface area contributed by atoms with Crippen molar-refractivity contribution in [1.29, 1.82) is 0 Å². The second kappa shape index (κ2) is 7.94. The number of ether oxygens (including phenoxy) is 1. The van der Waals surface area contributed by atoms with Gasteiger partial charge in [0.1, 0.15) is 17.6 Å². The van der Waals surface area contributed by atoms with Crippen LogP contribution in [0.4, 0.5) is 11.6 Å². The summed E-state index contributed by atoms with van der Waals surface area (Å²) in [5, 5.41) is 10.8. The van der Waals surface area contributed by atoms with E-state index in [9.17, 15) is 4.79 Å². The topological polar surface area (TPSA) is 122 Å². The number of fused-ring (bicyclic) bond motifs is 1. The van der Waals surface area contributed by atoms with E-state index in [1.165, 1.54) is 6.33 Å². The predicted molar refractivity (Wildman–Crippen MR) is 119 cm³/mol. The normalized spacial score (nSPS) is 18.3. The Morgan fingerprint density at radius 2 is 2.00 bits per heavy atom. The van der Waals surface area contributed by atoms with Crippen molar-refractivity contribution in [3.8, 4) is 22.8 Å². The van der Waals surface area contributed by atoms with Gasteiger partial charge in [0.25, 0.3) is 5.91 Å². The molecule has 32 heavy (non-hydrogen) atoms. The number of carbonyl (C=O) groups excluding carboxylic acids is 1. The Morgan fingerprint density at radius 1 is 1.19 bits per heavy atom. The zero-order valence-corrected chi connectivity index (χ0v) is 18.4. The van der Waals surface area contributed by atoms with Gasteiger partial charge in [-0.3, -0.25) is 4.79 Å². The van der Waals surface area contributed by atoms with Gasteiger partial charge in [0.05, 0.1) is 11.9 Å². The maximum atomic E-state index is 12.8. The first-order valence-electron chi connectivity index (χ1n) is 10.8. The average molecular weight is 435 g/mol. The molecule has 2 aliphatic rings. The van der Waals surface area contributed by atoms with E-state index in [1.807, 2.05) is 32.9 Å². The molecule has 10 nitrogen and oxygen atoms in total. The fraction of sp³-hybridized carbons (Fsp3) is 0.455. The zero-order chi connectivity index (χ0) is 22.3. The molecule has 2 N–H and O–H groups in total. The van der Waals surface area contributed by atoms with Crippen molar-refractivity contribution < 1.29 is 9.53 Å². The summed E-state index contributed by atoms with van der Waals surface area (Å²) in [6.07, 6.45) is 5.16. The van der Waals surface area contributed by atoms with Crippen LogP contribution in [-0.4, -0.2) is 61.3 Å². The molecule has 3 aromatic rings. The maximum Gasteiger partial charge on any atom is 0.250 e. The SMILES string of the molecule is Cc1nc(-c2nnc[nH]2)ccc1-c1cnc2c(n1)N(CC1CCOCC1)C(C)(C)C(=O)N2. The number of nitrogens with one attached hydrogen (secondary N) is 2.